The Kier molecular flexibility index (Phi) is 4.16. The lowest BCUT2D eigenvalue weighted by atomic mass is 10.5. The molecule has 0 aliphatic rings. The van der Waals surface area contributed by atoms with Gasteiger partial charge in [-0.25, -0.2) is 0 Å². The first-order valence-electron chi connectivity index (χ1n) is 2.10. The van der Waals surface area contributed by atoms with Gasteiger partial charge in [0.1, 0.15) is 0 Å². The maximum atomic E-state index is 4.81. The summed E-state index contributed by atoms with van der Waals surface area (Å²) in [6, 6.07) is 2.18. The van der Waals surface area contributed by atoms with Crippen LogP contribution in [0.2, 0.25) is 0 Å². The van der Waals surface area contributed by atoms with Gasteiger partial charge in [0.05, 0.1) is 0 Å². The molecule has 0 spiro atoms. The molecule has 0 aromatic carbocycles. The molecule has 7 heavy (non-hydrogen) atoms. The van der Waals surface area contributed by atoms with Gasteiger partial charge in [-0.1, -0.05) is 12.8 Å². The van der Waals surface area contributed by atoms with Gasteiger partial charge in [0.2, 0.25) is 0 Å². The highest BCUT2D eigenvalue weighted by Gasteiger charge is 1.53. The van der Waals surface area contributed by atoms with Crippen molar-refractivity contribution in [1.82, 2.24) is 0 Å². The summed E-state index contributed by atoms with van der Waals surface area (Å²) in [5.41, 5.74) is 4.81. The topological polar surface area (TPSA) is 26.0 Å². The summed E-state index contributed by atoms with van der Waals surface area (Å²) in [6.45, 7) is 1.96. The van der Waals surface area contributed by atoms with Gasteiger partial charge >= 0.3 is 0 Å². The summed E-state index contributed by atoms with van der Waals surface area (Å²) in [5.74, 6) is 7.71. The zero-order valence-electron chi connectivity index (χ0n) is 4.28. The quantitative estimate of drug-likeness (QED) is 0.339. The molecule has 0 fully saturated rings. The van der Waals surface area contributed by atoms with E-state index in [1.807, 2.05) is 6.92 Å². The summed E-state index contributed by atoms with van der Waals surface area (Å²) in [4.78, 5) is 0. The number of nitrogens with two attached hydrogens (primary N) is 1. The second-order valence-corrected chi connectivity index (χ2v) is 0.925. The van der Waals surface area contributed by atoms with Crippen LogP contribution in [0.1, 0.15) is 13.3 Å². The minimum absolute atomic E-state index is 0.842. The summed E-state index contributed by atoms with van der Waals surface area (Å²) < 4.78 is 0. The van der Waals surface area contributed by atoms with E-state index in [1.165, 1.54) is 0 Å². The molecule has 36 valence electrons. The van der Waals surface area contributed by atoms with Crippen LogP contribution in [0.4, 0.5) is 0 Å². The minimum Gasteiger partial charge on any atom is -0.359 e. The molecule has 0 saturated heterocycles. The highest BCUT2D eigenvalue weighted by Crippen LogP contribution is 1.63. The molecule has 0 radical (unpaired) electrons. The van der Waals surface area contributed by atoms with Crippen LogP contribution in [0.3, 0.4) is 0 Å². The Bertz CT molecular complexity index is 137. The average Bonchev–Trinajstić information content (AvgIpc) is 1.69. The molecule has 2 N–H and O–H groups in total. The summed E-state index contributed by atoms with van der Waals surface area (Å²) >= 11 is 0. The SMILES string of the molecule is CCC#CC#CN. The Morgan fingerprint density at radius 2 is 2.14 bits per heavy atom. The molecule has 0 aromatic heterocycles. The molecule has 0 bridgehead atoms. The van der Waals surface area contributed by atoms with Crippen molar-refractivity contribution < 1.29 is 0 Å². The molecule has 0 atom stereocenters. The normalized spacial score (nSPS) is 4.71. The molecule has 0 aliphatic carbocycles. The maximum absolute atomic E-state index is 4.81. The number of rotatable bonds is 0. The van der Waals surface area contributed by atoms with Crippen LogP contribution in [0.25, 0.3) is 0 Å². The fourth-order valence-electron chi connectivity index (χ4n) is 0.169. The average molecular weight is 93.1 g/mol. The van der Waals surface area contributed by atoms with E-state index >= 15 is 0 Å². The van der Waals surface area contributed by atoms with Crippen LogP contribution in [0.15, 0.2) is 0 Å². The van der Waals surface area contributed by atoms with Gasteiger partial charge in [0, 0.05) is 18.4 Å². The van der Waals surface area contributed by atoms with Crippen molar-refractivity contribution in [2.24, 2.45) is 5.73 Å². The molecule has 1 heteroatoms. The third-order valence-corrected chi connectivity index (χ3v) is 0.400. The highest BCUT2D eigenvalue weighted by atomic mass is 14.4. The van der Waals surface area contributed by atoms with Gasteiger partial charge < -0.3 is 5.73 Å². The van der Waals surface area contributed by atoms with E-state index in [2.05, 4.69) is 23.8 Å². The molecule has 1 nitrogen and oxygen atoms in total. The Balaban J connectivity index is 3.39. The molecular formula is C6H7N. The van der Waals surface area contributed by atoms with Crippen LogP contribution in [0, 0.1) is 23.8 Å². The maximum Gasteiger partial charge on any atom is 0.0159 e. The van der Waals surface area contributed by atoms with Gasteiger partial charge in [-0.3, -0.25) is 0 Å². The molecule has 0 heterocycles. The van der Waals surface area contributed by atoms with Crippen LogP contribution < -0.4 is 5.73 Å². The zero-order valence-corrected chi connectivity index (χ0v) is 4.28. The third kappa shape index (κ3) is 4.92. The van der Waals surface area contributed by atoms with Crippen molar-refractivity contribution in [3.05, 3.63) is 0 Å². The lowest BCUT2D eigenvalue weighted by Gasteiger charge is -1.59. The predicted molar refractivity (Wildman–Crippen MR) is 30.0 cm³/mol. The first kappa shape index (κ1) is 5.92. The summed E-state index contributed by atoms with van der Waals surface area (Å²) in [7, 11) is 0. The van der Waals surface area contributed by atoms with E-state index in [0.29, 0.717) is 0 Å². The third-order valence-electron chi connectivity index (χ3n) is 0.400. The lowest BCUT2D eigenvalue weighted by molar-refractivity contribution is 1.28. The molecule has 0 unspecified atom stereocenters. The molecule has 0 amide bonds. The van der Waals surface area contributed by atoms with Crippen molar-refractivity contribution in [1.29, 1.82) is 0 Å². The van der Waals surface area contributed by atoms with Gasteiger partial charge in [-0.2, -0.15) is 0 Å². The van der Waals surface area contributed by atoms with E-state index in [4.69, 9.17) is 5.73 Å². The molecule has 0 aromatic rings. The fourth-order valence-corrected chi connectivity index (χ4v) is 0.169. The Morgan fingerprint density at radius 3 is 2.57 bits per heavy atom. The van der Waals surface area contributed by atoms with E-state index in [9.17, 15) is 0 Å². The van der Waals surface area contributed by atoms with Gasteiger partial charge in [0.15, 0.2) is 0 Å². The monoisotopic (exact) mass is 93.1 g/mol. The predicted octanol–water partition coefficient (Wildman–Crippen LogP) is 0.319. The largest absolute Gasteiger partial charge is 0.359 e. The van der Waals surface area contributed by atoms with E-state index < -0.39 is 0 Å². The van der Waals surface area contributed by atoms with Gasteiger partial charge in [-0.05, 0) is 5.92 Å². The van der Waals surface area contributed by atoms with E-state index in [0.717, 1.165) is 6.42 Å². The highest BCUT2D eigenvalue weighted by molar-refractivity contribution is 5.24. The van der Waals surface area contributed by atoms with Crippen molar-refractivity contribution in [2.75, 3.05) is 0 Å². The molecule has 0 saturated carbocycles. The smallest absolute Gasteiger partial charge is 0.0159 e. The number of hydrogen-bond donors (Lipinski definition) is 1. The standard InChI is InChI=1S/C6H7N/c1-2-3-4-5-6-7/h2,7H2,1H3. The van der Waals surface area contributed by atoms with Crippen LogP contribution >= 0.6 is 0 Å². The molecule has 0 aliphatic heterocycles. The summed E-state index contributed by atoms with van der Waals surface area (Å²) in [5, 5.41) is 0. The van der Waals surface area contributed by atoms with Gasteiger partial charge in [0.25, 0.3) is 0 Å². The summed E-state index contributed by atoms with van der Waals surface area (Å²) in [6.07, 6.45) is 0.842. The number of hydrogen-bond acceptors (Lipinski definition) is 1. The van der Waals surface area contributed by atoms with E-state index in [1.54, 1.807) is 0 Å². The Morgan fingerprint density at radius 1 is 1.43 bits per heavy atom. The Hall–Kier alpha value is -1.08. The lowest BCUT2D eigenvalue weighted by Crippen LogP contribution is -1.73. The second-order valence-electron chi connectivity index (χ2n) is 0.925. The van der Waals surface area contributed by atoms with Crippen molar-refractivity contribution >= 4 is 0 Å². The van der Waals surface area contributed by atoms with Crippen LogP contribution in [-0.2, 0) is 0 Å². The van der Waals surface area contributed by atoms with Gasteiger partial charge in [-0.15, -0.1) is 0 Å². The Labute approximate surface area is 43.9 Å². The second kappa shape index (κ2) is 4.92. The van der Waals surface area contributed by atoms with Crippen molar-refractivity contribution in [3.8, 4) is 23.8 Å². The van der Waals surface area contributed by atoms with Crippen LogP contribution in [0.5, 0.6) is 0 Å². The van der Waals surface area contributed by atoms with Crippen molar-refractivity contribution in [2.45, 2.75) is 13.3 Å². The first-order chi connectivity index (χ1) is 3.41. The van der Waals surface area contributed by atoms with Crippen LogP contribution in [-0.4, -0.2) is 0 Å². The minimum atomic E-state index is 0.842. The van der Waals surface area contributed by atoms with E-state index in [-0.39, 0.29) is 0 Å². The fraction of sp³-hybridized carbons (Fsp3) is 0.333. The van der Waals surface area contributed by atoms with Crippen molar-refractivity contribution in [3.63, 3.8) is 0 Å². The molecule has 0 rings (SSSR count). The first-order valence-corrected chi connectivity index (χ1v) is 2.10. The zero-order chi connectivity index (χ0) is 5.54. The molecular weight excluding hydrogens is 86.1 g/mol.